The van der Waals surface area contributed by atoms with Crippen molar-refractivity contribution in [2.75, 3.05) is 14.2 Å². The van der Waals surface area contributed by atoms with E-state index in [1.807, 2.05) is 6.92 Å². The first-order valence-electron chi connectivity index (χ1n) is 10.9. The van der Waals surface area contributed by atoms with Crippen LogP contribution in [0.5, 0.6) is 0 Å². The van der Waals surface area contributed by atoms with Gasteiger partial charge in [-0.3, -0.25) is 14.4 Å². The van der Waals surface area contributed by atoms with Crippen LogP contribution in [0.2, 0.25) is 0 Å². The Balaban J connectivity index is 2.29. The van der Waals surface area contributed by atoms with Crippen molar-refractivity contribution >= 4 is 17.2 Å². The Morgan fingerprint density at radius 2 is 1.86 bits per heavy atom. The summed E-state index contributed by atoms with van der Waals surface area (Å²) in [6.45, 7) is 3.49. The third-order valence-corrected chi connectivity index (χ3v) is 5.92. The smallest absolute Gasteiger partial charge is 0.279 e. The van der Waals surface area contributed by atoms with Crippen LogP contribution < -0.4 is 11.3 Å². The van der Waals surface area contributed by atoms with Crippen LogP contribution in [0.3, 0.4) is 0 Å². The molecule has 0 aliphatic rings. The summed E-state index contributed by atoms with van der Waals surface area (Å²) >= 11 is 0. The van der Waals surface area contributed by atoms with Gasteiger partial charge in [0.25, 0.3) is 5.56 Å². The van der Waals surface area contributed by atoms with Crippen LogP contribution in [0.1, 0.15) is 37.3 Å². The lowest BCUT2D eigenvalue weighted by Gasteiger charge is -2.22. The number of aromatic nitrogens is 4. The predicted molar refractivity (Wildman–Crippen MR) is 128 cm³/mol. The topological polar surface area (TPSA) is 108 Å². The van der Waals surface area contributed by atoms with E-state index >= 15 is 0 Å². The minimum absolute atomic E-state index is 0.00179. The van der Waals surface area contributed by atoms with Crippen LogP contribution in [-0.2, 0) is 11.8 Å². The summed E-state index contributed by atoms with van der Waals surface area (Å²) in [5, 5.41) is 0. The number of fused-ring (bicyclic) bond motifs is 1. The second-order valence-electron chi connectivity index (χ2n) is 8.02. The monoisotopic (exact) mass is 488 g/mol. The van der Waals surface area contributed by atoms with Gasteiger partial charge in [0.15, 0.2) is 17.2 Å². The summed E-state index contributed by atoms with van der Waals surface area (Å²) in [6.07, 6.45) is 3.40. The number of aliphatic imine (C=N–C) groups is 1. The minimum Gasteiger partial charge on any atom is -0.404 e. The Hall–Kier alpha value is -3.60. The molecule has 11 heteroatoms. The maximum Gasteiger partial charge on any atom is 0.279 e. The average Bonchev–Trinajstić information content (AvgIpc) is 2.84. The highest BCUT2D eigenvalue weighted by Gasteiger charge is 2.26. The lowest BCUT2D eigenvalue weighted by molar-refractivity contribution is 0.120. The second-order valence-corrected chi connectivity index (χ2v) is 8.02. The summed E-state index contributed by atoms with van der Waals surface area (Å²) in [5.41, 5.74) is 5.42. The zero-order chi connectivity index (χ0) is 25.9. The van der Waals surface area contributed by atoms with Gasteiger partial charge < -0.3 is 10.5 Å². The van der Waals surface area contributed by atoms with E-state index in [2.05, 4.69) is 19.9 Å². The van der Waals surface area contributed by atoms with Gasteiger partial charge in [-0.15, -0.1) is 0 Å². The van der Waals surface area contributed by atoms with Crippen molar-refractivity contribution < 1.29 is 17.9 Å². The van der Waals surface area contributed by atoms with Crippen LogP contribution >= 0.6 is 0 Å². The summed E-state index contributed by atoms with van der Waals surface area (Å²) in [4.78, 5) is 30.4. The molecule has 0 aliphatic heterocycles. The van der Waals surface area contributed by atoms with Gasteiger partial charge in [-0.25, -0.2) is 28.1 Å². The maximum absolute atomic E-state index is 14.8. The van der Waals surface area contributed by atoms with Gasteiger partial charge >= 0.3 is 0 Å². The van der Waals surface area contributed by atoms with Crippen molar-refractivity contribution in [1.29, 1.82) is 0 Å². The van der Waals surface area contributed by atoms with Crippen molar-refractivity contribution in [2.45, 2.75) is 38.7 Å². The third kappa shape index (κ3) is 5.09. The highest BCUT2D eigenvalue weighted by Crippen LogP contribution is 2.32. The maximum atomic E-state index is 14.8. The van der Waals surface area contributed by atoms with Crippen LogP contribution in [-0.4, -0.2) is 46.0 Å². The molecule has 3 aromatic rings. The van der Waals surface area contributed by atoms with Gasteiger partial charge in [0.1, 0.15) is 28.7 Å². The van der Waals surface area contributed by atoms with Crippen molar-refractivity contribution in [1.82, 2.24) is 19.5 Å². The molecule has 1 aromatic carbocycles. The van der Waals surface area contributed by atoms with Crippen LogP contribution in [0.15, 0.2) is 33.7 Å². The molecule has 3 rings (SSSR count). The van der Waals surface area contributed by atoms with Gasteiger partial charge in [-0.05, 0) is 25.8 Å². The molecule has 0 saturated heterocycles. The number of nitrogens with zero attached hydrogens (tertiary/aromatic N) is 5. The Morgan fingerprint density at radius 1 is 1.17 bits per heavy atom. The number of benzene rings is 1. The second kappa shape index (κ2) is 10.8. The highest BCUT2D eigenvalue weighted by molar-refractivity contribution is 5.88. The quantitative estimate of drug-likeness (QED) is 0.384. The Labute approximate surface area is 200 Å². The zero-order valence-corrected chi connectivity index (χ0v) is 20.1. The molecular weight excluding hydrogens is 461 g/mol. The van der Waals surface area contributed by atoms with Gasteiger partial charge in [-0.2, -0.15) is 0 Å². The van der Waals surface area contributed by atoms with Crippen LogP contribution in [0.25, 0.3) is 22.3 Å². The summed E-state index contributed by atoms with van der Waals surface area (Å²) in [6, 6.07) is 1.14. The molecule has 0 fully saturated rings. The van der Waals surface area contributed by atoms with E-state index in [1.54, 1.807) is 20.2 Å². The first-order valence-corrected chi connectivity index (χ1v) is 10.9. The standard InChI is InChI=1S/C24H27F3N6O2/c1-6-13(7-19(35-5)14(10-28)11-29-3)23-31-20(15-8-17(26)18(27)9-16(15)25)21-22(32-23)24(34)33(4)12(2)30-21/h8-11,13,19H,6-7,28H2,1-5H3/b14-10+,29-11?/t13?,19-/m0/s1. The Bertz CT molecular complexity index is 1370. The largest absolute Gasteiger partial charge is 0.404 e. The molecule has 2 N–H and O–H groups in total. The molecular formula is C24H27F3N6O2. The van der Waals surface area contributed by atoms with Crippen molar-refractivity contribution in [3.8, 4) is 11.3 Å². The normalized spacial score (nSPS) is 14.1. The van der Waals surface area contributed by atoms with E-state index in [0.29, 0.717) is 36.4 Å². The fourth-order valence-electron chi connectivity index (χ4n) is 3.81. The Kier molecular flexibility index (Phi) is 8.00. The first-order chi connectivity index (χ1) is 16.7. The highest BCUT2D eigenvalue weighted by atomic mass is 19.2. The molecule has 0 radical (unpaired) electrons. The number of nitrogens with two attached hydrogens (primary N) is 1. The molecule has 2 heterocycles. The van der Waals surface area contributed by atoms with Gasteiger partial charge in [0.2, 0.25) is 0 Å². The molecule has 1 unspecified atom stereocenters. The molecule has 2 atom stereocenters. The van der Waals surface area contributed by atoms with E-state index in [4.69, 9.17) is 10.5 Å². The number of methoxy groups -OCH3 is 1. The predicted octanol–water partition coefficient (Wildman–Crippen LogP) is 3.56. The van der Waals surface area contributed by atoms with E-state index in [-0.39, 0.29) is 34.0 Å². The molecule has 8 nitrogen and oxygen atoms in total. The fraction of sp³-hybridized carbons (Fsp3) is 0.375. The van der Waals surface area contributed by atoms with Gasteiger partial charge in [0, 0.05) is 56.7 Å². The fourth-order valence-corrected chi connectivity index (χ4v) is 3.81. The third-order valence-electron chi connectivity index (χ3n) is 5.92. The van der Waals surface area contributed by atoms with Crippen molar-refractivity contribution in [3.63, 3.8) is 0 Å². The average molecular weight is 489 g/mol. The molecule has 35 heavy (non-hydrogen) atoms. The van der Waals surface area contributed by atoms with E-state index in [0.717, 1.165) is 0 Å². The molecule has 0 amide bonds. The number of ether oxygens (including phenoxy) is 1. The zero-order valence-electron chi connectivity index (χ0n) is 20.1. The first kappa shape index (κ1) is 26.0. The number of hydrogen-bond donors (Lipinski definition) is 1. The molecule has 0 bridgehead atoms. The van der Waals surface area contributed by atoms with Crippen molar-refractivity contribution in [2.24, 2.45) is 17.8 Å². The van der Waals surface area contributed by atoms with Crippen LogP contribution in [0.4, 0.5) is 13.2 Å². The summed E-state index contributed by atoms with van der Waals surface area (Å²) in [5.74, 6) is -3.44. The molecule has 2 aromatic heterocycles. The van der Waals surface area contributed by atoms with Gasteiger partial charge in [-0.1, -0.05) is 6.92 Å². The van der Waals surface area contributed by atoms with Crippen LogP contribution in [0, 0.1) is 24.4 Å². The SMILES string of the molecule is CCC(C[C@H](OC)/C(C=NC)=C/N)c1nc(-c2cc(F)c(F)cc2F)c2nc(C)n(C)c(=O)c2n1. The Morgan fingerprint density at radius 3 is 2.46 bits per heavy atom. The van der Waals surface area contributed by atoms with E-state index in [9.17, 15) is 18.0 Å². The summed E-state index contributed by atoms with van der Waals surface area (Å²) in [7, 11) is 4.66. The molecule has 0 aliphatic carbocycles. The minimum atomic E-state index is -1.34. The number of halogens is 3. The lowest BCUT2D eigenvalue weighted by atomic mass is 9.94. The molecule has 0 saturated carbocycles. The number of aryl methyl sites for hydroxylation is 1. The number of hydrogen-bond acceptors (Lipinski definition) is 7. The van der Waals surface area contributed by atoms with E-state index in [1.165, 1.54) is 24.9 Å². The number of rotatable bonds is 8. The van der Waals surface area contributed by atoms with E-state index < -0.39 is 29.1 Å². The summed E-state index contributed by atoms with van der Waals surface area (Å²) < 4.78 is 49.4. The lowest BCUT2D eigenvalue weighted by Crippen LogP contribution is -2.24. The van der Waals surface area contributed by atoms with Gasteiger partial charge in [0.05, 0.1) is 6.10 Å². The molecule has 186 valence electrons. The van der Waals surface area contributed by atoms with Crippen molar-refractivity contribution in [3.05, 3.63) is 63.4 Å². The molecule has 0 spiro atoms.